The van der Waals surface area contributed by atoms with E-state index in [0.29, 0.717) is 0 Å². The number of rotatable bonds is 3. The predicted molar refractivity (Wildman–Crippen MR) is 58.9 cm³/mol. The van der Waals surface area contributed by atoms with Gasteiger partial charge in [-0.05, 0) is 25.2 Å². The zero-order valence-corrected chi connectivity index (χ0v) is 8.83. The molecule has 2 nitrogen and oxygen atoms in total. The van der Waals surface area contributed by atoms with Crippen molar-refractivity contribution in [2.75, 3.05) is 19.6 Å². The summed E-state index contributed by atoms with van der Waals surface area (Å²) in [6.07, 6.45) is 3.55. The van der Waals surface area contributed by atoms with E-state index in [1.165, 1.54) is 0 Å². The number of hydrogen-bond donors (Lipinski definition) is 0. The van der Waals surface area contributed by atoms with E-state index in [-0.39, 0.29) is 0 Å². The highest BCUT2D eigenvalue weighted by Crippen LogP contribution is 1.91. The van der Waals surface area contributed by atoms with E-state index in [1.54, 1.807) is 12.4 Å². The number of aromatic nitrogens is 1. The minimum atomic E-state index is 0.835. The van der Waals surface area contributed by atoms with Crippen LogP contribution in [0, 0.1) is 11.8 Å². The van der Waals surface area contributed by atoms with E-state index in [9.17, 15) is 0 Å². The number of hydrogen-bond acceptors (Lipinski definition) is 2. The van der Waals surface area contributed by atoms with Crippen molar-refractivity contribution in [3.05, 3.63) is 30.1 Å². The molecule has 1 aromatic rings. The first-order valence-corrected chi connectivity index (χ1v) is 4.98. The van der Waals surface area contributed by atoms with Crippen LogP contribution in [0.4, 0.5) is 0 Å². The highest BCUT2D eigenvalue weighted by molar-refractivity contribution is 5.31. The Morgan fingerprint density at radius 3 is 2.71 bits per heavy atom. The minimum Gasteiger partial charge on any atom is -0.293 e. The molecule has 14 heavy (non-hydrogen) atoms. The molecule has 0 aliphatic carbocycles. The summed E-state index contributed by atoms with van der Waals surface area (Å²) in [4.78, 5) is 6.29. The summed E-state index contributed by atoms with van der Waals surface area (Å²) in [5, 5.41) is 0. The van der Waals surface area contributed by atoms with Gasteiger partial charge in [-0.2, -0.15) is 0 Å². The van der Waals surface area contributed by atoms with Gasteiger partial charge in [0.15, 0.2) is 0 Å². The summed E-state index contributed by atoms with van der Waals surface area (Å²) >= 11 is 0. The summed E-state index contributed by atoms with van der Waals surface area (Å²) in [5.74, 6) is 6.23. The second kappa shape index (κ2) is 6.17. The van der Waals surface area contributed by atoms with Crippen LogP contribution in [0.15, 0.2) is 24.5 Å². The molecular formula is C12H16N2. The summed E-state index contributed by atoms with van der Waals surface area (Å²) in [5.41, 5.74) is 0.986. The van der Waals surface area contributed by atoms with E-state index in [2.05, 4.69) is 35.6 Å². The van der Waals surface area contributed by atoms with Crippen molar-refractivity contribution in [3.8, 4) is 11.8 Å². The molecule has 0 saturated carbocycles. The second-order valence-corrected chi connectivity index (χ2v) is 3.00. The molecule has 0 spiro atoms. The van der Waals surface area contributed by atoms with Gasteiger partial charge >= 0.3 is 0 Å². The lowest BCUT2D eigenvalue weighted by Crippen LogP contribution is -2.22. The Bertz CT molecular complexity index is 304. The van der Waals surface area contributed by atoms with Crippen LogP contribution in [0.3, 0.4) is 0 Å². The molecule has 1 rings (SSSR count). The fraction of sp³-hybridized carbons (Fsp3) is 0.417. The average Bonchev–Trinajstić information content (AvgIpc) is 2.26. The number of pyridine rings is 1. The third-order valence-electron chi connectivity index (χ3n) is 2.09. The fourth-order valence-electron chi connectivity index (χ4n) is 1.14. The molecule has 0 amide bonds. The first kappa shape index (κ1) is 10.7. The molecule has 0 fully saturated rings. The molecule has 0 unspecified atom stereocenters. The summed E-state index contributed by atoms with van der Waals surface area (Å²) < 4.78 is 0. The van der Waals surface area contributed by atoms with Crippen LogP contribution in [0.2, 0.25) is 0 Å². The molecule has 0 saturated heterocycles. The Labute approximate surface area is 86.0 Å². The van der Waals surface area contributed by atoms with Crippen molar-refractivity contribution in [2.45, 2.75) is 13.8 Å². The van der Waals surface area contributed by atoms with Crippen molar-refractivity contribution >= 4 is 0 Å². The van der Waals surface area contributed by atoms with Crippen molar-refractivity contribution in [2.24, 2.45) is 0 Å². The summed E-state index contributed by atoms with van der Waals surface area (Å²) in [6, 6.07) is 3.88. The molecule has 0 atom stereocenters. The van der Waals surface area contributed by atoms with E-state index in [4.69, 9.17) is 0 Å². The lowest BCUT2D eigenvalue weighted by Gasteiger charge is -2.13. The Kier molecular flexibility index (Phi) is 4.74. The monoisotopic (exact) mass is 188 g/mol. The highest BCUT2D eigenvalue weighted by atomic mass is 15.1. The SMILES string of the molecule is CCN(CC)CC#Cc1cccnc1. The van der Waals surface area contributed by atoms with Crippen molar-refractivity contribution in [1.29, 1.82) is 0 Å². The van der Waals surface area contributed by atoms with Crippen LogP contribution in [0.5, 0.6) is 0 Å². The van der Waals surface area contributed by atoms with E-state index < -0.39 is 0 Å². The molecule has 74 valence electrons. The third-order valence-corrected chi connectivity index (χ3v) is 2.09. The van der Waals surface area contributed by atoms with Gasteiger partial charge in [-0.25, -0.2) is 0 Å². The zero-order valence-electron chi connectivity index (χ0n) is 8.83. The minimum absolute atomic E-state index is 0.835. The lowest BCUT2D eigenvalue weighted by atomic mass is 10.3. The van der Waals surface area contributed by atoms with Crippen LogP contribution >= 0.6 is 0 Å². The molecule has 1 aromatic heterocycles. The van der Waals surface area contributed by atoms with Gasteiger partial charge in [-0.15, -0.1) is 0 Å². The molecule has 1 heterocycles. The van der Waals surface area contributed by atoms with E-state index >= 15 is 0 Å². The molecule has 2 heteroatoms. The van der Waals surface area contributed by atoms with Crippen LogP contribution in [-0.2, 0) is 0 Å². The first-order valence-electron chi connectivity index (χ1n) is 4.98. The van der Waals surface area contributed by atoms with Gasteiger partial charge in [0.1, 0.15) is 0 Å². The summed E-state index contributed by atoms with van der Waals surface area (Å²) in [7, 11) is 0. The molecule has 0 N–H and O–H groups in total. The van der Waals surface area contributed by atoms with Crippen LogP contribution < -0.4 is 0 Å². The maximum Gasteiger partial charge on any atom is 0.0605 e. The number of nitrogens with zero attached hydrogens (tertiary/aromatic N) is 2. The second-order valence-electron chi connectivity index (χ2n) is 3.00. The summed E-state index contributed by atoms with van der Waals surface area (Å²) in [6.45, 7) is 7.24. The first-order chi connectivity index (χ1) is 6.86. The molecule has 0 bridgehead atoms. The average molecular weight is 188 g/mol. The van der Waals surface area contributed by atoms with Crippen LogP contribution in [0.1, 0.15) is 19.4 Å². The standard InChI is InChI=1S/C12H16N2/c1-3-14(4-2)10-6-8-12-7-5-9-13-11-12/h5,7,9,11H,3-4,10H2,1-2H3. The zero-order chi connectivity index (χ0) is 10.2. The van der Waals surface area contributed by atoms with E-state index in [0.717, 1.165) is 25.2 Å². The van der Waals surface area contributed by atoms with Gasteiger partial charge in [0, 0.05) is 18.0 Å². The normalized spacial score (nSPS) is 9.64. The van der Waals surface area contributed by atoms with E-state index in [1.807, 2.05) is 12.1 Å². The maximum atomic E-state index is 4.01. The molecule has 0 aromatic carbocycles. The van der Waals surface area contributed by atoms with Gasteiger partial charge in [-0.3, -0.25) is 9.88 Å². The van der Waals surface area contributed by atoms with Crippen molar-refractivity contribution in [1.82, 2.24) is 9.88 Å². The molecule has 0 radical (unpaired) electrons. The Balaban J connectivity index is 2.48. The molecule has 0 aliphatic rings. The molecular weight excluding hydrogens is 172 g/mol. The van der Waals surface area contributed by atoms with Gasteiger partial charge < -0.3 is 0 Å². The lowest BCUT2D eigenvalue weighted by molar-refractivity contribution is 0.342. The quantitative estimate of drug-likeness (QED) is 0.672. The smallest absolute Gasteiger partial charge is 0.0605 e. The van der Waals surface area contributed by atoms with Gasteiger partial charge in [0.2, 0.25) is 0 Å². The van der Waals surface area contributed by atoms with Crippen LogP contribution in [-0.4, -0.2) is 29.5 Å². The third kappa shape index (κ3) is 3.59. The van der Waals surface area contributed by atoms with Crippen molar-refractivity contribution < 1.29 is 0 Å². The fourth-order valence-corrected chi connectivity index (χ4v) is 1.14. The van der Waals surface area contributed by atoms with Crippen LogP contribution in [0.25, 0.3) is 0 Å². The van der Waals surface area contributed by atoms with Gasteiger partial charge in [-0.1, -0.05) is 25.7 Å². The predicted octanol–water partition coefficient (Wildman–Crippen LogP) is 1.77. The van der Waals surface area contributed by atoms with Crippen molar-refractivity contribution in [3.63, 3.8) is 0 Å². The Morgan fingerprint density at radius 2 is 2.14 bits per heavy atom. The highest BCUT2D eigenvalue weighted by Gasteiger charge is 1.93. The maximum absolute atomic E-state index is 4.01. The van der Waals surface area contributed by atoms with Gasteiger partial charge in [0.05, 0.1) is 6.54 Å². The topological polar surface area (TPSA) is 16.1 Å². The largest absolute Gasteiger partial charge is 0.293 e. The van der Waals surface area contributed by atoms with Gasteiger partial charge in [0.25, 0.3) is 0 Å². The Hall–Kier alpha value is -1.33. The Morgan fingerprint density at radius 1 is 1.36 bits per heavy atom. The molecule has 0 aliphatic heterocycles.